The first kappa shape index (κ1) is 16.7. The highest BCUT2D eigenvalue weighted by Gasteiger charge is 2.09. The average molecular weight is 336 g/mol. The molecule has 0 atom stereocenters. The van der Waals surface area contributed by atoms with Gasteiger partial charge in [0.2, 0.25) is 0 Å². The van der Waals surface area contributed by atoms with Crippen molar-refractivity contribution in [2.45, 2.75) is 13.0 Å². The van der Waals surface area contributed by atoms with Crippen molar-refractivity contribution < 1.29 is 19.0 Å². The minimum atomic E-state index is -1.05. The number of hydrogen-bond donors (Lipinski definition) is 1. The minimum absolute atomic E-state index is 0.180. The van der Waals surface area contributed by atoms with Gasteiger partial charge in [-0.3, -0.25) is 4.79 Å². The summed E-state index contributed by atoms with van der Waals surface area (Å²) in [6, 6.07) is 21.8. The molecule has 0 aliphatic rings. The summed E-state index contributed by atoms with van der Waals surface area (Å²) in [7, 11) is 0. The summed E-state index contributed by atoms with van der Waals surface area (Å²) in [5.41, 5.74) is 2.80. The van der Waals surface area contributed by atoms with Crippen LogP contribution in [-0.2, 0) is 17.8 Å². The number of hydrogen-bond acceptors (Lipinski definition) is 2. The second kappa shape index (κ2) is 7.62. The molecule has 1 N–H and O–H groups in total. The van der Waals surface area contributed by atoms with Crippen molar-refractivity contribution in [3.63, 3.8) is 0 Å². The number of carboxylic acids is 1. The van der Waals surface area contributed by atoms with Crippen molar-refractivity contribution in [1.29, 1.82) is 0 Å². The smallest absolute Gasteiger partial charge is 0.307 e. The molecule has 0 saturated carbocycles. The number of benzene rings is 3. The molecule has 3 nitrogen and oxygen atoms in total. The molecule has 3 aromatic rings. The normalized spacial score (nSPS) is 10.4. The SMILES string of the molecule is O=C(O)Cc1ccc(-c2ccc(OCc3ccccc3)cc2)cc1F. The van der Waals surface area contributed by atoms with Crippen LogP contribution in [0.15, 0.2) is 72.8 Å². The Morgan fingerprint density at radius 1 is 0.920 bits per heavy atom. The van der Waals surface area contributed by atoms with Crippen LogP contribution in [0.3, 0.4) is 0 Å². The van der Waals surface area contributed by atoms with Crippen molar-refractivity contribution in [3.05, 3.63) is 89.7 Å². The summed E-state index contributed by atoms with van der Waals surface area (Å²) in [6.45, 7) is 0.485. The maximum absolute atomic E-state index is 14.0. The first-order valence-corrected chi connectivity index (χ1v) is 7.89. The summed E-state index contributed by atoms with van der Waals surface area (Å²) < 4.78 is 19.7. The maximum atomic E-state index is 14.0. The van der Waals surface area contributed by atoms with Gasteiger partial charge in [0.1, 0.15) is 18.2 Å². The molecular formula is C21H17FO3. The van der Waals surface area contributed by atoms with E-state index < -0.39 is 11.8 Å². The van der Waals surface area contributed by atoms with Gasteiger partial charge < -0.3 is 9.84 Å². The Morgan fingerprint density at radius 3 is 2.24 bits per heavy atom. The van der Waals surface area contributed by atoms with Crippen LogP contribution in [0, 0.1) is 5.82 Å². The first-order chi connectivity index (χ1) is 12.1. The molecule has 0 fully saturated rings. The van der Waals surface area contributed by atoms with Crippen LogP contribution in [0.4, 0.5) is 4.39 Å². The van der Waals surface area contributed by atoms with Crippen LogP contribution in [0.2, 0.25) is 0 Å². The number of rotatable bonds is 6. The molecule has 0 unspecified atom stereocenters. The lowest BCUT2D eigenvalue weighted by Crippen LogP contribution is -2.02. The Balaban J connectivity index is 1.69. The van der Waals surface area contributed by atoms with E-state index in [1.165, 1.54) is 12.1 Å². The Labute approximate surface area is 145 Å². The van der Waals surface area contributed by atoms with Crippen LogP contribution in [0.25, 0.3) is 11.1 Å². The van der Waals surface area contributed by atoms with Gasteiger partial charge in [0.05, 0.1) is 6.42 Å². The monoisotopic (exact) mass is 336 g/mol. The van der Waals surface area contributed by atoms with E-state index in [0.29, 0.717) is 12.2 Å². The predicted molar refractivity (Wildman–Crippen MR) is 93.9 cm³/mol. The van der Waals surface area contributed by atoms with Crippen molar-refractivity contribution in [3.8, 4) is 16.9 Å². The van der Waals surface area contributed by atoms with E-state index in [-0.39, 0.29) is 12.0 Å². The number of carbonyl (C=O) groups is 1. The molecule has 3 rings (SSSR count). The summed E-state index contributed by atoms with van der Waals surface area (Å²) in [5, 5.41) is 8.76. The van der Waals surface area contributed by atoms with Gasteiger partial charge in [-0.25, -0.2) is 4.39 Å². The third-order valence-corrected chi connectivity index (χ3v) is 3.83. The molecule has 126 valence electrons. The third-order valence-electron chi connectivity index (χ3n) is 3.83. The van der Waals surface area contributed by atoms with Gasteiger partial charge in [0.25, 0.3) is 0 Å². The van der Waals surface area contributed by atoms with Crippen molar-refractivity contribution in [2.24, 2.45) is 0 Å². The molecule has 0 aliphatic carbocycles. The zero-order valence-electron chi connectivity index (χ0n) is 13.5. The van der Waals surface area contributed by atoms with E-state index in [0.717, 1.165) is 16.9 Å². The quantitative estimate of drug-likeness (QED) is 0.710. The highest BCUT2D eigenvalue weighted by molar-refractivity contribution is 5.71. The topological polar surface area (TPSA) is 46.5 Å². The number of carboxylic acid groups (broad SMARTS) is 1. The molecule has 0 aromatic heterocycles. The van der Waals surface area contributed by atoms with Gasteiger partial charge in [-0.15, -0.1) is 0 Å². The molecule has 0 spiro atoms. The fourth-order valence-electron chi connectivity index (χ4n) is 2.52. The van der Waals surface area contributed by atoms with E-state index in [4.69, 9.17) is 9.84 Å². The largest absolute Gasteiger partial charge is 0.489 e. The molecule has 4 heteroatoms. The Morgan fingerprint density at radius 2 is 1.60 bits per heavy atom. The lowest BCUT2D eigenvalue weighted by atomic mass is 10.0. The standard InChI is InChI=1S/C21H17FO3/c22-20-12-17(6-7-18(20)13-21(23)24)16-8-10-19(11-9-16)25-14-15-4-2-1-3-5-15/h1-12H,13-14H2,(H,23,24). The van der Waals surface area contributed by atoms with Crippen LogP contribution in [0.1, 0.15) is 11.1 Å². The van der Waals surface area contributed by atoms with E-state index in [1.807, 2.05) is 54.6 Å². The highest BCUT2D eigenvalue weighted by atomic mass is 19.1. The maximum Gasteiger partial charge on any atom is 0.307 e. The third kappa shape index (κ3) is 4.44. The molecule has 0 aliphatic heterocycles. The molecule has 0 radical (unpaired) electrons. The van der Waals surface area contributed by atoms with E-state index in [9.17, 15) is 9.18 Å². The number of halogens is 1. The second-order valence-electron chi connectivity index (χ2n) is 5.68. The van der Waals surface area contributed by atoms with Gasteiger partial charge >= 0.3 is 5.97 Å². The van der Waals surface area contributed by atoms with Crippen LogP contribution < -0.4 is 4.74 Å². The molecular weight excluding hydrogens is 319 g/mol. The molecule has 0 bridgehead atoms. The van der Waals surface area contributed by atoms with Gasteiger partial charge in [0.15, 0.2) is 0 Å². The van der Waals surface area contributed by atoms with Crippen LogP contribution >= 0.6 is 0 Å². The highest BCUT2D eigenvalue weighted by Crippen LogP contribution is 2.25. The van der Waals surface area contributed by atoms with Crippen LogP contribution in [-0.4, -0.2) is 11.1 Å². The summed E-state index contributed by atoms with van der Waals surface area (Å²) in [6.07, 6.45) is -0.321. The van der Waals surface area contributed by atoms with Gasteiger partial charge in [-0.2, -0.15) is 0 Å². The van der Waals surface area contributed by atoms with Crippen molar-refractivity contribution in [1.82, 2.24) is 0 Å². The van der Waals surface area contributed by atoms with Crippen molar-refractivity contribution in [2.75, 3.05) is 0 Å². The average Bonchev–Trinajstić information content (AvgIpc) is 2.63. The van der Waals surface area contributed by atoms with Crippen LogP contribution in [0.5, 0.6) is 5.75 Å². The predicted octanol–water partition coefficient (Wildman–Crippen LogP) is 4.70. The minimum Gasteiger partial charge on any atom is -0.489 e. The second-order valence-corrected chi connectivity index (χ2v) is 5.68. The Hall–Kier alpha value is -3.14. The number of aliphatic carboxylic acids is 1. The zero-order valence-corrected chi connectivity index (χ0v) is 13.5. The summed E-state index contributed by atoms with van der Waals surface area (Å²) in [5.74, 6) is -0.827. The van der Waals surface area contributed by atoms with E-state index in [2.05, 4.69) is 0 Å². The van der Waals surface area contributed by atoms with Gasteiger partial charge in [-0.05, 0) is 40.5 Å². The van der Waals surface area contributed by atoms with Gasteiger partial charge in [0, 0.05) is 0 Å². The van der Waals surface area contributed by atoms with E-state index in [1.54, 1.807) is 6.07 Å². The number of ether oxygens (including phenoxy) is 1. The summed E-state index contributed by atoms with van der Waals surface area (Å²) in [4.78, 5) is 10.7. The first-order valence-electron chi connectivity index (χ1n) is 7.89. The zero-order chi connectivity index (χ0) is 17.6. The fraction of sp³-hybridized carbons (Fsp3) is 0.0952. The van der Waals surface area contributed by atoms with Gasteiger partial charge in [-0.1, -0.05) is 54.6 Å². The fourth-order valence-corrected chi connectivity index (χ4v) is 2.52. The lowest BCUT2D eigenvalue weighted by molar-refractivity contribution is -0.136. The molecule has 0 saturated heterocycles. The lowest BCUT2D eigenvalue weighted by Gasteiger charge is -2.08. The molecule has 3 aromatic carbocycles. The molecule has 0 amide bonds. The Bertz CT molecular complexity index is 858. The summed E-state index contributed by atoms with van der Waals surface area (Å²) >= 11 is 0. The van der Waals surface area contributed by atoms with E-state index >= 15 is 0 Å². The molecule has 25 heavy (non-hydrogen) atoms. The molecule has 0 heterocycles. The Kier molecular flexibility index (Phi) is 5.09. The van der Waals surface area contributed by atoms with Crippen molar-refractivity contribution >= 4 is 5.97 Å².